The van der Waals surface area contributed by atoms with Crippen molar-refractivity contribution < 1.29 is 4.74 Å². The van der Waals surface area contributed by atoms with Gasteiger partial charge in [-0.1, -0.05) is 0 Å². The zero-order valence-electron chi connectivity index (χ0n) is 11.6. The zero-order chi connectivity index (χ0) is 12.4. The van der Waals surface area contributed by atoms with Gasteiger partial charge in [0.2, 0.25) is 0 Å². The van der Waals surface area contributed by atoms with Crippen molar-refractivity contribution in [2.75, 3.05) is 53.0 Å². The lowest BCUT2D eigenvalue weighted by atomic mass is 9.84. The highest BCUT2D eigenvalue weighted by Gasteiger charge is 2.34. The van der Waals surface area contributed by atoms with Crippen LogP contribution in [0.4, 0.5) is 0 Å². The Hall–Kier alpha value is -0.160. The fraction of sp³-hybridized carbons (Fsp3) is 1.00. The summed E-state index contributed by atoms with van der Waals surface area (Å²) in [4.78, 5) is 5.25. The Balaban J connectivity index is 1.50. The van der Waals surface area contributed by atoms with E-state index in [1.807, 2.05) is 0 Å². The van der Waals surface area contributed by atoms with Crippen molar-refractivity contribution in [3.05, 3.63) is 0 Å². The molecule has 3 fully saturated rings. The second-order valence-electron chi connectivity index (χ2n) is 6.22. The summed E-state index contributed by atoms with van der Waals surface area (Å²) in [6.07, 6.45) is 4.17. The number of hydrogen-bond acceptors (Lipinski definition) is 4. The molecule has 1 N–H and O–H groups in total. The van der Waals surface area contributed by atoms with Crippen LogP contribution in [0.2, 0.25) is 0 Å². The first kappa shape index (κ1) is 12.9. The Kier molecular flexibility index (Phi) is 4.19. The van der Waals surface area contributed by atoms with Crippen LogP contribution >= 0.6 is 0 Å². The number of hydrogen-bond donors (Lipinski definition) is 1. The van der Waals surface area contributed by atoms with Gasteiger partial charge in [-0.2, -0.15) is 0 Å². The summed E-state index contributed by atoms with van der Waals surface area (Å²) in [6, 6.07) is 1.40. The van der Waals surface area contributed by atoms with Gasteiger partial charge in [-0.3, -0.25) is 0 Å². The molecule has 0 amide bonds. The molecule has 0 aromatic rings. The normalized spacial score (nSPS) is 39.5. The molecule has 3 rings (SSSR count). The summed E-state index contributed by atoms with van der Waals surface area (Å²) in [5, 5.41) is 3.57. The van der Waals surface area contributed by atoms with Crippen LogP contribution < -0.4 is 5.32 Å². The molecule has 0 aromatic carbocycles. The van der Waals surface area contributed by atoms with E-state index in [0.29, 0.717) is 6.04 Å². The SMILES string of the molecule is CN1CCCC2CN(CC3COCCN3)CCC21. The number of likely N-dealkylation sites (tertiary alicyclic amines) is 2. The molecule has 3 heterocycles. The molecular formula is C14H27N3O. The van der Waals surface area contributed by atoms with Gasteiger partial charge in [0.15, 0.2) is 0 Å². The van der Waals surface area contributed by atoms with Gasteiger partial charge in [0.05, 0.1) is 13.2 Å². The van der Waals surface area contributed by atoms with Gasteiger partial charge in [0.1, 0.15) is 0 Å². The van der Waals surface area contributed by atoms with Gasteiger partial charge in [0.25, 0.3) is 0 Å². The minimum atomic E-state index is 0.552. The van der Waals surface area contributed by atoms with Crippen LogP contribution in [-0.2, 0) is 4.74 Å². The van der Waals surface area contributed by atoms with E-state index in [1.54, 1.807) is 0 Å². The predicted molar refractivity (Wildman–Crippen MR) is 72.8 cm³/mol. The fourth-order valence-electron chi connectivity index (χ4n) is 3.94. The topological polar surface area (TPSA) is 27.7 Å². The van der Waals surface area contributed by atoms with Crippen molar-refractivity contribution in [3.63, 3.8) is 0 Å². The molecule has 0 radical (unpaired) electrons. The predicted octanol–water partition coefficient (Wildman–Crippen LogP) is 0.391. The largest absolute Gasteiger partial charge is 0.378 e. The third kappa shape index (κ3) is 2.87. The van der Waals surface area contributed by atoms with Crippen molar-refractivity contribution in [2.45, 2.75) is 31.3 Å². The summed E-state index contributed by atoms with van der Waals surface area (Å²) in [5.74, 6) is 0.905. The monoisotopic (exact) mass is 253 g/mol. The van der Waals surface area contributed by atoms with E-state index < -0.39 is 0 Å². The molecule has 3 aliphatic rings. The molecule has 0 saturated carbocycles. The minimum Gasteiger partial charge on any atom is -0.378 e. The van der Waals surface area contributed by atoms with Crippen molar-refractivity contribution in [2.24, 2.45) is 5.92 Å². The summed E-state index contributed by atoms with van der Waals surface area (Å²) in [6.45, 7) is 7.84. The Morgan fingerprint density at radius 2 is 2.22 bits per heavy atom. The molecule has 0 spiro atoms. The Bertz CT molecular complexity index is 268. The number of rotatable bonds is 2. The first-order valence-corrected chi connectivity index (χ1v) is 7.56. The summed E-state index contributed by atoms with van der Waals surface area (Å²) in [5.41, 5.74) is 0. The molecule has 3 saturated heterocycles. The van der Waals surface area contributed by atoms with Crippen LogP contribution in [0.1, 0.15) is 19.3 Å². The van der Waals surface area contributed by atoms with Crippen LogP contribution in [0, 0.1) is 5.92 Å². The first-order chi connectivity index (χ1) is 8.83. The third-order valence-electron chi connectivity index (χ3n) is 4.91. The van der Waals surface area contributed by atoms with Gasteiger partial charge in [0, 0.05) is 31.7 Å². The average molecular weight is 253 g/mol. The molecule has 3 unspecified atom stereocenters. The maximum atomic E-state index is 5.55. The molecule has 0 aliphatic carbocycles. The van der Waals surface area contributed by atoms with Crippen LogP contribution in [-0.4, -0.2) is 74.9 Å². The second kappa shape index (κ2) is 5.87. The maximum absolute atomic E-state index is 5.55. The molecular weight excluding hydrogens is 226 g/mol. The number of ether oxygens (including phenoxy) is 1. The number of morpholine rings is 1. The molecule has 0 aromatic heterocycles. The van der Waals surface area contributed by atoms with E-state index >= 15 is 0 Å². The van der Waals surface area contributed by atoms with Crippen molar-refractivity contribution in [3.8, 4) is 0 Å². The molecule has 3 atom stereocenters. The molecule has 4 nitrogen and oxygen atoms in total. The summed E-state index contributed by atoms with van der Waals surface area (Å²) in [7, 11) is 2.31. The lowest BCUT2D eigenvalue weighted by Gasteiger charge is -2.46. The lowest BCUT2D eigenvalue weighted by molar-refractivity contribution is 0.0175. The van der Waals surface area contributed by atoms with Crippen LogP contribution in [0.15, 0.2) is 0 Å². The smallest absolute Gasteiger partial charge is 0.0632 e. The standard InChI is InChI=1S/C14H27N3O/c1-16-6-2-3-12-9-17(7-4-14(12)16)10-13-11-18-8-5-15-13/h12-15H,2-11H2,1H3. The maximum Gasteiger partial charge on any atom is 0.0632 e. The van der Waals surface area contributed by atoms with Gasteiger partial charge in [-0.05, 0) is 45.3 Å². The fourth-order valence-corrected chi connectivity index (χ4v) is 3.94. The number of nitrogens with one attached hydrogen (secondary N) is 1. The number of nitrogens with zero attached hydrogens (tertiary/aromatic N) is 2. The zero-order valence-corrected chi connectivity index (χ0v) is 11.6. The van der Waals surface area contributed by atoms with Crippen LogP contribution in [0.25, 0.3) is 0 Å². The number of piperidine rings is 2. The molecule has 104 valence electrons. The third-order valence-corrected chi connectivity index (χ3v) is 4.91. The molecule has 0 bridgehead atoms. The Labute approximate surface area is 111 Å². The van der Waals surface area contributed by atoms with E-state index in [1.165, 1.54) is 45.4 Å². The summed E-state index contributed by atoms with van der Waals surface area (Å²) < 4.78 is 5.55. The Morgan fingerprint density at radius 1 is 1.28 bits per heavy atom. The quantitative estimate of drug-likeness (QED) is 0.770. The highest BCUT2D eigenvalue weighted by atomic mass is 16.5. The highest BCUT2D eigenvalue weighted by molar-refractivity contribution is 4.90. The molecule has 4 heteroatoms. The van der Waals surface area contributed by atoms with Crippen LogP contribution in [0.3, 0.4) is 0 Å². The van der Waals surface area contributed by atoms with E-state index in [0.717, 1.165) is 31.7 Å². The van der Waals surface area contributed by atoms with Crippen molar-refractivity contribution in [1.29, 1.82) is 0 Å². The van der Waals surface area contributed by atoms with E-state index in [4.69, 9.17) is 4.74 Å². The van der Waals surface area contributed by atoms with Gasteiger partial charge >= 0.3 is 0 Å². The Morgan fingerprint density at radius 3 is 3.06 bits per heavy atom. The second-order valence-corrected chi connectivity index (χ2v) is 6.22. The molecule has 3 aliphatic heterocycles. The van der Waals surface area contributed by atoms with E-state index in [-0.39, 0.29) is 0 Å². The molecule has 18 heavy (non-hydrogen) atoms. The van der Waals surface area contributed by atoms with Gasteiger partial charge < -0.3 is 19.9 Å². The summed E-state index contributed by atoms with van der Waals surface area (Å²) >= 11 is 0. The lowest BCUT2D eigenvalue weighted by Crippen LogP contribution is -2.56. The van der Waals surface area contributed by atoms with Crippen LogP contribution in [0.5, 0.6) is 0 Å². The van der Waals surface area contributed by atoms with Crippen molar-refractivity contribution in [1.82, 2.24) is 15.1 Å². The van der Waals surface area contributed by atoms with Gasteiger partial charge in [-0.25, -0.2) is 0 Å². The van der Waals surface area contributed by atoms with Gasteiger partial charge in [-0.15, -0.1) is 0 Å². The van der Waals surface area contributed by atoms with E-state index in [9.17, 15) is 0 Å². The first-order valence-electron chi connectivity index (χ1n) is 7.56. The number of fused-ring (bicyclic) bond motifs is 1. The highest BCUT2D eigenvalue weighted by Crippen LogP contribution is 2.29. The van der Waals surface area contributed by atoms with Crippen molar-refractivity contribution >= 4 is 0 Å². The minimum absolute atomic E-state index is 0.552. The average Bonchev–Trinajstić information content (AvgIpc) is 2.40. The van der Waals surface area contributed by atoms with E-state index in [2.05, 4.69) is 22.2 Å².